The Bertz CT molecular complexity index is 782. The van der Waals surface area contributed by atoms with Gasteiger partial charge < -0.3 is 14.9 Å². The maximum atomic E-state index is 12.1. The van der Waals surface area contributed by atoms with Gasteiger partial charge in [-0.25, -0.2) is 0 Å². The summed E-state index contributed by atoms with van der Waals surface area (Å²) in [6.45, 7) is 6.03. The first-order valence-corrected chi connectivity index (χ1v) is 10.1. The van der Waals surface area contributed by atoms with Crippen molar-refractivity contribution in [3.05, 3.63) is 58.3 Å². The van der Waals surface area contributed by atoms with Crippen molar-refractivity contribution >= 4 is 21.6 Å². The highest BCUT2D eigenvalue weighted by atomic mass is 79.9. The number of hydrogen-bond donors (Lipinski definition) is 1. The fourth-order valence-electron chi connectivity index (χ4n) is 4.70. The molecule has 1 aromatic heterocycles. The average molecular weight is 416 g/mol. The molecule has 1 N–H and O–H groups in total. The van der Waals surface area contributed by atoms with Gasteiger partial charge in [0.05, 0.1) is 11.9 Å². The Morgan fingerprint density at radius 2 is 1.73 bits per heavy atom. The molecule has 5 heteroatoms. The molecule has 4 rings (SSSR count). The highest BCUT2D eigenvalue weighted by molar-refractivity contribution is 9.10. The summed E-state index contributed by atoms with van der Waals surface area (Å²) in [5, 5.41) is 12.1. The third kappa shape index (κ3) is 2.86. The lowest BCUT2D eigenvalue weighted by molar-refractivity contribution is -0.127. The number of nitrogens with zero attached hydrogens (tertiary/aromatic N) is 3. The molecule has 138 valence electrons. The standard InChI is InChI=1S/C21H26BrN3O/c1-20(14-24(2)15-20)21(26,16-5-7-18(22)8-6-16)17-11-19(13-23-12-17)25-9-3-4-10-25/h5-8,11-13,26H,3-4,9-10,14-15H2,1-2H3. The van der Waals surface area contributed by atoms with Gasteiger partial charge in [-0.3, -0.25) is 4.98 Å². The molecule has 26 heavy (non-hydrogen) atoms. The van der Waals surface area contributed by atoms with Crippen LogP contribution >= 0.6 is 15.9 Å². The Morgan fingerprint density at radius 3 is 2.35 bits per heavy atom. The summed E-state index contributed by atoms with van der Waals surface area (Å²) in [7, 11) is 2.10. The Hall–Kier alpha value is -1.43. The number of likely N-dealkylation sites (tertiary alicyclic amines) is 1. The predicted octanol–water partition coefficient (Wildman–Crippen LogP) is 3.63. The number of halogens is 1. The van der Waals surface area contributed by atoms with Gasteiger partial charge in [-0.15, -0.1) is 0 Å². The van der Waals surface area contributed by atoms with Crippen LogP contribution in [0.5, 0.6) is 0 Å². The second-order valence-corrected chi connectivity index (χ2v) is 8.99. The quantitative estimate of drug-likeness (QED) is 0.827. The Kier molecular flexibility index (Phi) is 4.58. The van der Waals surface area contributed by atoms with Crippen LogP contribution in [0.2, 0.25) is 0 Å². The molecule has 2 aromatic rings. The zero-order valence-corrected chi connectivity index (χ0v) is 17.0. The average Bonchev–Trinajstić information content (AvgIpc) is 3.15. The summed E-state index contributed by atoms with van der Waals surface area (Å²) in [5.74, 6) is 0. The van der Waals surface area contributed by atoms with Gasteiger partial charge in [0.2, 0.25) is 0 Å². The molecule has 0 aliphatic carbocycles. The Morgan fingerprint density at radius 1 is 1.08 bits per heavy atom. The fourth-order valence-corrected chi connectivity index (χ4v) is 4.97. The molecule has 2 aliphatic heterocycles. The van der Waals surface area contributed by atoms with Crippen LogP contribution in [0.25, 0.3) is 0 Å². The highest BCUT2D eigenvalue weighted by Crippen LogP contribution is 2.50. The molecule has 1 atom stereocenters. The lowest BCUT2D eigenvalue weighted by Crippen LogP contribution is -2.63. The van der Waals surface area contributed by atoms with Crippen LogP contribution in [-0.4, -0.2) is 48.2 Å². The van der Waals surface area contributed by atoms with Gasteiger partial charge in [0.15, 0.2) is 0 Å². The first-order valence-electron chi connectivity index (χ1n) is 9.30. The maximum Gasteiger partial charge on any atom is 0.124 e. The van der Waals surface area contributed by atoms with Crippen LogP contribution in [0.3, 0.4) is 0 Å². The number of hydrogen-bond acceptors (Lipinski definition) is 4. The van der Waals surface area contributed by atoms with E-state index in [0.29, 0.717) is 0 Å². The largest absolute Gasteiger partial charge is 0.380 e. The van der Waals surface area contributed by atoms with Gasteiger partial charge in [-0.05, 0) is 43.7 Å². The Balaban J connectivity index is 1.81. The Labute approximate surface area is 164 Å². The molecule has 2 fully saturated rings. The van der Waals surface area contributed by atoms with E-state index in [0.717, 1.165) is 47.5 Å². The summed E-state index contributed by atoms with van der Waals surface area (Å²) in [6.07, 6.45) is 6.21. The van der Waals surface area contributed by atoms with Gasteiger partial charge in [0.25, 0.3) is 0 Å². The maximum absolute atomic E-state index is 12.1. The van der Waals surface area contributed by atoms with E-state index in [2.05, 4.69) is 50.8 Å². The minimum atomic E-state index is -1.07. The number of anilines is 1. The zero-order valence-electron chi connectivity index (χ0n) is 15.5. The molecule has 0 saturated carbocycles. The smallest absolute Gasteiger partial charge is 0.124 e. The normalized spacial score (nSPS) is 22.1. The van der Waals surface area contributed by atoms with E-state index < -0.39 is 5.60 Å². The molecule has 1 aromatic carbocycles. The van der Waals surface area contributed by atoms with E-state index in [1.165, 1.54) is 12.8 Å². The number of aromatic nitrogens is 1. The SMILES string of the molecule is CN1CC(C)(C(O)(c2ccc(Br)cc2)c2cncc(N3CCCC3)c2)C1. The monoisotopic (exact) mass is 415 g/mol. The van der Waals surface area contributed by atoms with E-state index >= 15 is 0 Å². The van der Waals surface area contributed by atoms with Crippen molar-refractivity contribution < 1.29 is 5.11 Å². The van der Waals surface area contributed by atoms with E-state index in [4.69, 9.17) is 0 Å². The molecule has 2 aliphatic rings. The second-order valence-electron chi connectivity index (χ2n) is 8.08. The highest BCUT2D eigenvalue weighted by Gasteiger charge is 2.55. The van der Waals surface area contributed by atoms with Crippen LogP contribution in [0.1, 0.15) is 30.9 Å². The lowest BCUT2D eigenvalue weighted by atomic mass is 9.62. The topological polar surface area (TPSA) is 39.6 Å². The van der Waals surface area contributed by atoms with Crippen molar-refractivity contribution in [1.29, 1.82) is 0 Å². The molecule has 4 nitrogen and oxygen atoms in total. The summed E-state index contributed by atoms with van der Waals surface area (Å²) in [4.78, 5) is 9.13. The summed E-state index contributed by atoms with van der Waals surface area (Å²) < 4.78 is 1.02. The van der Waals surface area contributed by atoms with Crippen molar-refractivity contribution in [3.63, 3.8) is 0 Å². The van der Waals surface area contributed by atoms with E-state index in [1.54, 1.807) is 0 Å². The number of pyridine rings is 1. The molecule has 3 heterocycles. The van der Waals surface area contributed by atoms with E-state index in [-0.39, 0.29) is 5.41 Å². The number of rotatable bonds is 4. The van der Waals surface area contributed by atoms with Crippen molar-refractivity contribution in [3.8, 4) is 0 Å². The lowest BCUT2D eigenvalue weighted by Gasteiger charge is -2.55. The first-order chi connectivity index (χ1) is 12.4. The second kappa shape index (κ2) is 6.63. The fraction of sp³-hybridized carbons (Fsp3) is 0.476. The molecule has 0 spiro atoms. The van der Waals surface area contributed by atoms with Gasteiger partial charge in [0.1, 0.15) is 5.60 Å². The molecule has 1 unspecified atom stereocenters. The third-order valence-electron chi connectivity index (χ3n) is 5.99. The number of aliphatic hydroxyl groups is 1. The van der Waals surface area contributed by atoms with Gasteiger partial charge in [0, 0.05) is 47.8 Å². The van der Waals surface area contributed by atoms with E-state index in [9.17, 15) is 5.11 Å². The summed E-state index contributed by atoms with van der Waals surface area (Å²) in [5.41, 5.74) is 1.62. The molecular weight excluding hydrogens is 390 g/mol. The van der Waals surface area contributed by atoms with Crippen LogP contribution in [0, 0.1) is 5.41 Å². The summed E-state index contributed by atoms with van der Waals surface area (Å²) in [6, 6.07) is 10.2. The van der Waals surface area contributed by atoms with Crippen LogP contribution in [0.4, 0.5) is 5.69 Å². The number of benzene rings is 1. The minimum Gasteiger partial charge on any atom is -0.380 e. The van der Waals surface area contributed by atoms with Crippen LogP contribution in [-0.2, 0) is 5.60 Å². The van der Waals surface area contributed by atoms with Gasteiger partial charge in [-0.2, -0.15) is 0 Å². The van der Waals surface area contributed by atoms with Crippen molar-refractivity contribution in [1.82, 2.24) is 9.88 Å². The van der Waals surface area contributed by atoms with Crippen molar-refractivity contribution in [2.75, 3.05) is 38.1 Å². The van der Waals surface area contributed by atoms with Gasteiger partial charge >= 0.3 is 0 Å². The van der Waals surface area contributed by atoms with Gasteiger partial charge in [-0.1, -0.05) is 35.0 Å². The molecular formula is C21H26BrN3O. The molecule has 2 saturated heterocycles. The zero-order chi connectivity index (χ0) is 18.4. The third-order valence-corrected chi connectivity index (χ3v) is 6.51. The van der Waals surface area contributed by atoms with Crippen LogP contribution in [0.15, 0.2) is 47.2 Å². The van der Waals surface area contributed by atoms with Crippen molar-refractivity contribution in [2.24, 2.45) is 5.41 Å². The van der Waals surface area contributed by atoms with Crippen LogP contribution < -0.4 is 4.90 Å². The predicted molar refractivity (Wildman–Crippen MR) is 108 cm³/mol. The van der Waals surface area contributed by atoms with E-state index in [1.807, 2.05) is 36.7 Å². The molecule has 0 amide bonds. The first kappa shape index (κ1) is 18.0. The van der Waals surface area contributed by atoms with Crippen molar-refractivity contribution in [2.45, 2.75) is 25.4 Å². The molecule has 0 radical (unpaired) electrons. The molecule has 0 bridgehead atoms. The summed E-state index contributed by atoms with van der Waals surface area (Å²) >= 11 is 3.51. The minimum absolute atomic E-state index is 0.249.